The third kappa shape index (κ3) is 3.94. The Balaban J connectivity index is 1.75. The first-order valence-corrected chi connectivity index (χ1v) is 11.1. The number of hydrogen-bond acceptors (Lipinski definition) is 6. The van der Waals surface area contributed by atoms with Crippen LogP contribution >= 0.6 is 22.9 Å². The summed E-state index contributed by atoms with van der Waals surface area (Å²) < 4.78 is 12.0. The maximum absolute atomic E-state index is 12.8. The van der Waals surface area contributed by atoms with Crippen molar-refractivity contribution >= 4 is 50.2 Å². The summed E-state index contributed by atoms with van der Waals surface area (Å²) in [7, 11) is 2.91. The van der Waals surface area contributed by atoms with Crippen molar-refractivity contribution in [1.82, 2.24) is 23.3 Å². The molecular formula is C20H21ClN6O4S. The third-order valence-corrected chi connectivity index (χ3v) is 6.33. The number of aryl methyl sites for hydroxylation is 1. The molecule has 0 aliphatic heterocycles. The average Bonchev–Trinajstić information content (AvgIpc) is 3.32. The number of carbonyl (C=O) groups excluding carboxylic acids is 1. The molecule has 0 aliphatic carbocycles. The molecule has 4 rings (SSSR count). The van der Waals surface area contributed by atoms with Crippen molar-refractivity contribution in [2.75, 3.05) is 13.2 Å². The molecule has 168 valence electrons. The second-order valence-electron chi connectivity index (χ2n) is 7.10. The van der Waals surface area contributed by atoms with Crippen LogP contribution in [0.15, 0.2) is 39.1 Å². The second-order valence-corrected chi connectivity index (χ2v) is 8.55. The summed E-state index contributed by atoms with van der Waals surface area (Å²) in [6.07, 6.45) is 1.37. The standard InChI is InChI=1S/C20H21ClN6O4S/c1-4-31-8-7-27-13-6-5-12(21)9-14(13)32-19(27)23-15(28)10-26-11-22-17-16(26)18(29)25(3)20(30)24(17)2/h5-6,9,11H,4,7-8,10H2,1-3H3. The molecule has 0 bridgehead atoms. The van der Waals surface area contributed by atoms with Gasteiger partial charge in [-0.2, -0.15) is 4.99 Å². The number of fused-ring (bicyclic) bond motifs is 2. The quantitative estimate of drug-likeness (QED) is 0.390. The Bertz CT molecular complexity index is 1520. The van der Waals surface area contributed by atoms with Crippen molar-refractivity contribution in [2.24, 2.45) is 19.1 Å². The van der Waals surface area contributed by atoms with Gasteiger partial charge < -0.3 is 13.9 Å². The van der Waals surface area contributed by atoms with Crippen molar-refractivity contribution < 1.29 is 9.53 Å². The highest BCUT2D eigenvalue weighted by Gasteiger charge is 2.16. The van der Waals surface area contributed by atoms with Gasteiger partial charge in [0.25, 0.3) is 11.5 Å². The van der Waals surface area contributed by atoms with E-state index in [0.717, 1.165) is 14.8 Å². The van der Waals surface area contributed by atoms with E-state index in [2.05, 4.69) is 9.98 Å². The Morgan fingerprint density at radius 1 is 1.25 bits per heavy atom. The van der Waals surface area contributed by atoms with Crippen LogP contribution < -0.4 is 16.1 Å². The molecule has 0 radical (unpaired) electrons. The molecule has 1 amide bonds. The lowest BCUT2D eigenvalue weighted by molar-refractivity contribution is -0.118. The predicted molar refractivity (Wildman–Crippen MR) is 122 cm³/mol. The van der Waals surface area contributed by atoms with Gasteiger partial charge >= 0.3 is 5.69 Å². The van der Waals surface area contributed by atoms with Crippen molar-refractivity contribution in [3.63, 3.8) is 0 Å². The van der Waals surface area contributed by atoms with Crippen LogP contribution in [0.4, 0.5) is 0 Å². The van der Waals surface area contributed by atoms with Crippen LogP contribution in [0.2, 0.25) is 5.02 Å². The Morgan fingerprint density at radius 2 is 2.03 bits per heavy atom. The number of ether oxygens (including phenoxy) is 1. The van der Waals surface area contributed by atoms with Crippen LogP contribution in [-0.4, -0.2) is 42.4 Å². The molecule has 0 unspecified atom stereocenters. The molecule has 3 heterocycles. The van der Waals surface area contributed by atoms with Gasteiger partial charge in [0.2, 0.25) is 0 Å². The molecule has 0 aliphatic rings. The first-order chi connectivity index (χ1) is 15.3. The summed E-state index contributed by atoms with van der Waals surface area (Å²) in [5.41, 5.74) is 0.294. The summed E-state index contributed by atoms with van der Waals surface area (Å²) in [6.45, 7) is 3.32. The van der Waals surface area contributed by atoms with Crippen molar-refractivity contribution in [1.29, 1.82) is 0 Å². The number of aromatic nitrogens is 5. The topological polar surface area (TPSA) is 105 Å². The zero-order chi connectivity index (χ0) is 23.0. The summed E-state index contributed by atoms with van der Waals surface area (Å²) in [6, 6.07) is 5.50. The van der Waals surface area contributed by atoms with Crippen molar-refractivity contribution in [3.05, 3.63) is 55.2 Å². The molecule has 12 heteroatoms. The molecule has 10 nitrogen and oxygen atoms in total. The molecule has 0 saturated heterocycles. The van der Waals surface area contributed by atoms with Crippen molar-refractivity contribution in [3.8, 4) is 0 Å². The average molecular weight is 477 g/mol. The number of imidazole rings is 1. The van der Waals surface area contributed by atoms with Crippen LogP contribution in [0.5, 0.6) is 0 Å². The van der Waals surface area contributed by atoms with Gasteiger partial charge in [0.05, 0.1) is 23.2 Å². The fraction of sp³-hybridized carbons (Fsp3) is 0.350. The maximum Gasteiger partial charge on any atom is 0.332 e. The monoisotopic (exact) mass is 476 g/mol. The number of hydrogen-bond donors (Lipinski definition) is 0. The van der Waals surface area contributed by atoms with E-state index in [4.69, 9.17) is 16.3 Å². The van der Waals surface area contributed by atoms with Crippen LogP contribution in [0.25, 0.3) is 21.4 Å². The minimum absolute atomic E-state index is 0.172. The van der Waals surface area contributed by atoms with Gasteiger partial charge in [-0.25, -0.2) is 9.78 Å². The lowest BCUT2D eigenvalue weighted by Crippen LogP contribution is -2.37. The molecule has 32 heavy (non-hydrogen) atoms. The molecule has 0 fully saturated rings. The number of rotatable bonds is 6. The Labute approximate surface area is 190 Å². The van der Waals surface area contributed by atoms with Gasteiger partial charge in [0, 0.05) is 32.3 Å². The van der Waals surface area contributed by atoms with E-state index in [-0.39, 0.29) is 17.7 Å². The highest BCUT2D eigenvalue weighted by atomic mass is 35.5. The smallest absolute Gasteiger partial charge is 0.332 e. The van der Waals surface area contributed by atoms with Gasteiger partial charge in [-0.15, -0.1) is 0 Å². The highest BCUT2D eigenvalue weighted by Crippen LogP contribution is 2.22. The summed E-state index contributed by atoms with van der Waals surface area (Å²) in [5.74, 6) is -0.456. The molecule has 0 N–H and O–H groups in total. The first-order valence-electron chi connectivity index (χ1n) is 9.86. The molecule has 0 spiro atoms. The lowest BCUT2D eigenvalue weighted by Gasteiger charge is -2.06. The van der Waals surface area contributed by atoms with E-state index in [1.165, 1.54) is 40.9 Å². The van der Waals surface area contributed by atoms with Gasteiger partial charge in [-0.3, -0.25) is 18.7 Å². The molecule has 3 aromatic heterocycles. The minimum Gasteiger partial charge on any atom is -0.380 e. The first kappa shape index (κ1) is 22.2. The van der Waals surface area contributed by atoms with E-state index < -0.39 is 17.2 Å². The molecule has 0 atom stereocenters. The number of thiazole rings is 1. The van der Waals surface area contributed by atoms with Crippen molar-refractivity contribution in [2.45, 2.75) is 20.0 Å². The van der Waals surface area contributed by atoms with Crippen LogP contribution in [0.3, 0.4) is 0 Å². The van der Waals surface area contributed by atoms with E-state index in [9.17, 15) is 14.4 Å². The lowest BCUT2D eigenvalue weighted by atomic mass is 10.3. The molecular weight excluding hydrogens is 456 g/mol. The van der Waals surface area contributed by atoms with E-state index in [1.54, 1.807) is 6.07 Å². The van der Waals surface area contributed by atoms with E-state index >= 15 is 0 Å². The summed E-state index contributed by atoms with van der Waals surface area (Å²) in [5, 5.41) is 0.597. The van der Waals surface area contributed by atoms with E-state index in [0.29, 0.717) is 29.6 Å². The van der Waals surface area contributed by atoms with Gasteiger partial charge in [-0.05, 0) is 25.1 Å². The van der Waals surface area contributed by atoms with Crippen LogP contribution in [0, 0.1) is 0 Å². The number of halogens is 1. The minimum atomic E-state index is -0.517. The Morgan fingerprint density at radius 3 is 2.78 bits per heavy atom. The normalized spacial score (nSPS) is 12.3. The highest BCUT2D eigenvalue weighted by molar-refractivity contribution is 7.16. The number of benzene rings is 1. The Kier molecular flexibility index (Phi) is 6.13. The van der Waals surface area contributed by atoms with Gasteiger partial charge in [0.1, 0.15) is 6.54 Å². The zero-order valence-corrected chi connectivity index (χ0v) is 19.3. The molecule has 4 aromatic rings. The van der Waals surface area contributed by atoms with E-state index in [1.807, 2.05) is 23.6 Å². The van der Waals surface area contributed by atoms with Gasteiger partial charge in [-0.1, -0.05) is 22.9 Å². The molecule has 0 saturated carbocycles. The summed E-state index contributed by atoms with van der Waals surface area (Å²) >= 11 is 7.47. The summed E-state index contributed by atoms with van der Waals surface area (Å²) in [4.78, 5) is 46.5. The number of nitrogens with zero attached hydrogens (tertiary/aromatic N) is 6. The Hall–Kier alpha value is -3.02. The predicted octanol–water partition coefficient (Wildman–Crippen LogP) is 1.27. The SMILES string of the molecule is CCOCCn1c(=NC(=O)Cn2cnc3c2c(=O)n(C)c(=O)n3C)sc2cc(Cl)ccc21. The number of amides is 1. The maximum atomic E-state index is 12.8. The zero-order valence-electron chi connectivity index (χ0n) is 17.7. The number of carbonyl (C=O) groups is 1. The largest absolute Gasteiger partial charge is 0.380 e. The van der Waals surface area contributed by atoms with Crippen LogP contribution in [0.1, 0.15) is 6.92 Å². The fourth-order valence-corrected chi connectivity index (χ4v) is 4.80. The second kappa shape index (κ2) is 8.85. The molecule has 1 aromatic carbocycles. The third-order valence-electron chi connectivity index (χ3n) is 5.05. The fourth-order valence-electron chi connectivity index (χ4n) is 3.45. The van der Waals surface area contributed by atoms with Gasteiger partial charge in [0.15, 0.2) is 16.0 Å². The van der Waals surface area contributed by atoms with Crippen LogP contribution in [-0.2, 0) is 36.7 Å².